The molecule has 2 aromatic carbocycles. The van der Waals surface area contributed by atoms with Crippen molar-refractivity contribution in [2.45, 2.75) is 6.92 Å². The Morgan fingerprint density at radius 1 is 1.03 bits per heavy atom. The van der Waals surface area contributed by atoms with Gasteiger partial charge in [-0.25, -0.2) is 0 Å². The first kappa shape index (κ1) is 22.0. The van der Waals surface area contributed by atoms with E-state index in [-0.39, 0.29) is 11.5 Å². The van der Waals surface area contributed by atoms with Crippen LogP contribution in [-0.2, 0) is 4.79 Å². The fourth-order valence-corrected chi connectivity index (χ4v) is 3.49. The molecule has 0 unspecified atom stereocenters. The van der Waals surface area contributed by atoms with Gasteiger partial charge in [0, 0.05) is 31.9 Å². The number of anilines is 1. The SMILES string of the molecule is CCOc1ccc(/C=C(\C#N)C(=O)N2CCN(c3ccc(OC)cc3)CC2)cc1OC. The van der Waals surface area contributed by atoms with Crippen LogP contribution in [0.4, 0.5) is 5.69 Å². The van der Waals surface area contributed by atoms with E-state index in [1.807, 2.05) is 31.2 Å². The highest BCUT2D eigenvalue weighted by atomic mass is 16.5. The summed E-state index contributed by atoms with van der Waals surface area (Å²) in [6, 6.07) is 15.3. The third-order valence-electron chi connectivity index (χ3n) is 5.15. The molecule has 0 N–H and O–H groups in total. The van der Waals surface area contributed by atoms with E-state index in [0.717, 1.165) is 11.4 Å². The number of rotatable bonds is 7. The van der Waals surface area contributed by atoms with E-state index in [2.05, 4.69) is 11.0 Å². The molecule has 0 bridgehead atoms. The van der Waals surface area contributed by atoms with E-state index in [0.29, 0.717) is 49.8 Å². The molecule has 0 aromatic heterocycles. The molecule has 31 heavy (non-hydrogen) atoms. The number of nitriles is 1. The van der Waals surface area contributed by atoms with Crippen LogP contribution in [0.5, 0.6) is 17.2 Å². The minimum absolute atomic E-state index is 0.101. The molecule has 0 spiro atoms. The van der Waals surface area contributed by atoms with Crippen molar-refractivity contribution in [3.8, 4) is 23.3 Å². The molecular weight excluding hydrogens is 394 g/mol. The molecule has 0 atom stereocenters. The van der Waals surface area contributed by atoms with Crippen molar-refractivity contribution in [2.75, 3.05) is 51.9 Å². The summed E-state index contributed by atoms with van der Waals surface area (Å²) in [5, 5.41) is 9.59. The summed E-state index contributed by atoms with van der Waals surface area (Å²) < 4.78 is 16.1. The van der Waals surface area contributed by atoms with E-state index in [4.69, 9.17) is 14.2 Å². The normalized spacial score (nSPS) is 14.1. The number of hydrogen-bond donors (Lipinski definition) is 0. The number of amides is 1. The van der Waals surface area contributed by atoms with E-state index in [1.54, 1.807) is 43.4 Å². The largest absolute Gasteiger partial charge is 0.497 e. The third-order valence-corrected chi connectivity index (χ3v) is 5.15. The first-order chi connectivity index (χ1) is 15.1. The van der Waals surface area contributed by atoms with Crippen LogP contribution >= 0.6 is 0 Å². The van der Waals surface area contributed by atoms with Gasteiger partial charge in [0.2, 0.25) is 0 Å². The second-order valence-corrected chi connectivity index (χ2v) is 6.99. The summed E-state index contributed by atoms with van der Waals surface area (Å²) >= 11 is 0. The molecule has 1 amide bonds. The zero-order chi connectivity index (χ0) is 22.2. The molecule has 1 saturated heterocycles. The van der Waals surface area contributed by atoms with E-state index < -0.39 is 0 Å². The molecule has 0 aliphatic carbocycles. The first-order valence-electron chi connectivity index (χ1n) is 10.2. The van der Waals surface area contributed by atoms with Crippen LogP contribution in [-0.4, -0.2) is 57.8 Å². The Morgan fingerprint density at radius 2 is 1.74 bits per heavy atom. The van der Waals surface area contributed by atoms with Gasteiger partial charge in [-0.3, -0.25) is 4.79 Å². The van der Waals surface area contributed by atoms with Crippen molar-refractivity contribution >= 4 is 17.7 Å². The highest BCUT2D eigenvalue weighted by molar-refractivity contribution is 6.01. The number of ether oxygens (including phenoxy) is 3. The lowest BCUT2D eigenvalue weighted by molar-refractivity contribution is -0.126. The summed E-state index contributed by atoms with van der Waals surface area (Å²) in [6.07, 6.45) is 1.59. The molecule has 1 aliphatic heterocycles. The lowest BCUT2D eigenvalue weighted by atomic mass is 10.1. The number of methoxy groups -OCH3 is 2. The Balaban J connectivity index is 1.68. The fourth-order valence-electron chi connectivity index (χ4n) is 3.49. The van der Waals surface area contributed by atoms with Gasteiger partial charge < -0.3 is 24.0 Å². The second-order valence-electron chi connectivity index (χ2n) is 6.99. The lowest BCUT2D eigenvalue weighted by Crippen LogP contribution is -2.49. The highest BCUT2D eigenvalue weighted by Crippen LogP contribution is 2.29. The summed E-state index contributed by atoms with van der Waals surface area (Å²) in [4.78, 5) is 16.9. The van der Waals surface area contributed by atoms with E-state index >= 15 is 0 Å². The van der Waals surface area contributed by atoms with Crippen molar-refractivity contribution < 1.29 is 19.0 Å². The van der Waals surface area contributed by atoms with Crippen LogP contribution < -0.4 is 19.1 Å². The van der Waals surface area contributed by atoms with Gasteiger partial charge in [0.1, 0.15) is 17.4 Å². The van der Waals surface area contributed by atoms with Gasteiger partial charge in [0.25, 0.3) is 5.91 Å². The molecule has 1 aliphatic rings. The van der Waals surface area contributed by atoms with Crippen molar-refractivity contribution in [3.05, 3.63) is 53.6 Å². The number of hydrogen-bond acceptors (Lipinski definition) is 6. The van der Waals surface area contributed by atoms with E-state index in [1.165, 1.54) is 0 Å². The number of nitrogens with zero attached hydrogens (tertiary/aromatic N) is 3. The zero-order valence-electron chi connectivity index (χ0n) is 18.1. The predicted molar refractivity (Wildman–Crippen MR) is 120 cm³/mol. The minimum Gasteiger partial charge on any atom is -0.497 e. The average molecular weight is 421 g/mol. The van der Waals surface area contributed by atoms with Gasteiger partial charge >= 0.3 is 0 Å². The molecule has 0 saturated carbocycles. The fraction of sp³-hybridized carbons (Fsp3) is 0.333. The maximum Gasteiger partial charge on any atom is 0.264 e. The van der Waals surface area contributed by atoms with Crippen LogP contribution in [0.25, 0.3) is 6.08 Å². The Bertz CT molecular complexity index is 971. The predicted octanol–water partition coefficient (Wildman–Crippen LogP) is 3.36. The lowest BCUT2D eigenvalue weighted by Gasteiger charge is -2.36. The average Bonchev–Trinajstić information content (AvgIpc) is 2.83. The van der Waals surface area contributed by atoms with Crippen molar-refractivity contribution in [2.24, 2.45) is 0 Å². The van der Waals surface area contributed by atoms with Crippen molar-refractivity contribution in [1.82, 2.24) is 4.90 Å². The monoisotopic (exact) mass is 421 g/mol. The number of piperazine rings is 1. The first-order valence-corrected chi connectivity index (χ1v) is 10.2. The Morgan fingerprint density at radius 3 is 2.32 bits per heavy atom. The molecule has 1 heterocycles. The summed E-state index contributed by atoms with van der Waals surface area (Å²) in [5.74, 6) is 1.74. The van der Waals surface area contributed by atoms with Gasteiger partial charge in [-0.05, 0) is 55.0 Å². The van der Waals surface area contributed by atoms with Crippen molar-refractivity contribution in [1.29, 1.82) is 5.26 Å². The van der Waals surface area contributed by atoms with Crippen LogP contribution in [0.1, 0.15) is 12.5 Å². The molecule has 1 fully saturated rings. The number of carbonyl (C=O) groups excluding carboxylic acids is 1. The van der Waals surface area contributed by atoms with Gasteiger partial charge in [-0.2, -0.15) is 5.26 Å². The van der Waals surface area contributed by atoms with Crippen LogP contribution in [0, 0.1) is 11.3 Å². The summed E-state index contributed by atoms with van der Waals surface area (Å²) in [5.41, 5.74) is 1.90. The van der Waals surface area contributed by atoms with Crippen molar-refractivity contribution in [3.63, 3.8) is 0 Å². The smallest absolute Gasteiger partial charge is 0.264 e. The quantitative estimate of drug-likeness (QED) is 0.504. The van der Waals surface area contributed by atoms with Gasteiger partial charge in [0.05, 0.1) is 20.8 Å². The molecule has 2 aromatic rings. The standard InChI is InChI=1S/C24H27N3O4/c1-4-31-22-10-5-18(16-23(22)30-3)15-19(17-25)24(28)27-13-11-26(12-14-27)20-6-8-21(29-2)9-7-20/h5-10,15-16H,4,11-14H2,1-3H3/b19-15+. The Labute approximate surface area is 183 Å². The molecule has 3 rings (SSSR count). The van der Waals surface area contributed by atoms with Crippen LogP contribution in [0.15, 0.2) is 48.0 Å². The van der Waals surface area contributed by atoms with E-state index in [9.17, 15) is 10.1 Å². The minimum atomic E-state index is -0.260. The molecular formula is C24H27N3O4. The van der Waals surface area contributed by atoms with Crippen LogP contribution in [0.3, 0.4) is 0 Å². The highest BCUT2D eigenvalue weighted by Gasteiger charge is 2.24. The summed E-state index contributed by atoms with van der Waals surface area (Å²) in [7, 11) is 3.20. The zero-order valence-corrected chi connectivity index (χ0v) is 18.1. The third kappa shape index (κ3) is 5.28. The topological polar surface area (TPSA) is 75.0 Å². The maximum absolute atomic E-state index is 12.9. The molecule has 7 heteroatoms. The van der Waals surface area contributed by atoms with Gasteiger partial charge in [-0.15, -0.1) is 0 Å². The molecule has 162 valence electrons. The van der Waals surface area contributed by atoms with Gasteiger partial charge in [0.15, 0.2) is 11.5 Å². The second kappa shape index (κ2) is 10.4. The number of carbonyl (C=O) groups is 1. The Hall–Kier alpha value is -3.66. The maximum atomic E-state index is 12.9. The molecule has 7 nitrogen and oxygen atoms in total. The number of benzene rings is 2. The van der Waals surface area contributed by atoms with Gasteiger partial charge in [-0.1, -0.05) is 6.07 Å². The molecule has 0 radical (unpaired) electrons. The Kier molecular flexibility index (Phi) is 7.39. The summed E-state index contributed by atoms with van der Waals surface area (Å²) in [6.45, 7) is 4.93. The van der Waals surface area contributed by atoms with Crippen LogP contribution in [0.2, 0.25) is 0 Å².